The van der Waals surface area contributed by atoms with Gasteiger partial charge in [0.2, 0.25) is 0 Å². The molecule has 47 heavy (non-hydrogen) atoms. The monoisotopic (exact) mass is 666 g/mol. The van der Waals surface area contributed by atoms with Crippen LogP contribution in [-0.4, -0.2) is 30.2 Å². The zero-order valence-corrected chi connectivity index (χ0v) is 28.6. The molecule has 1 N–H and O–H groups in total. The molecule has 1 amide bonds. The van der Waals surface area contributed by atoms with Gasteiger partial charge in [-0.05, 0) is 83.6 Å². The summed E-state index contributed by atoms with van der Waals surface area (Å²) in [6, 6.07) is 35.2. The lowest BCUT2D eigenvalue weighted by Gasteiger charge is -2.23. The number of aryl methyl sites for hydroxylation is 1. The average Bonchev–Trinajstić information content (AvgIpc) is 3.08. The number of rotatable bonds is 14. The van der Waals surface area contributed by atoms with Gasteiger partial charge in [0, 0.05) is 59.4 Å². The molecule has 5 rings (SSSR count). The number of carbonyl (C=O) groups excluding carboxylic acids is 1. The molecule has 242 valence electrons. The summed E-state index contributed by atoms with van der Waals surface area (Å²) in [7, 11) is 1.71. The van der Waals surface area contributed by atoms with Crippen molar-refractivity contribution in [1.29, 1.82) is 0 Å². The fourth-order valence-corrected chi connectivity index (χ4v) is 6.66. The topological polar surface area (TPSA) is 41.6 Å². The van der Waals surface area contributed by atoms with Crippen LogP contribution in [0.4, 0.5) is 4.39 Å². The van der Waals surface area contributed by atoms with Gasteiger partial charge in [0.15, 0.2) is 0 Å². The highest BCUT2D eigenvalue weighted by atomic mass is 35.5. The zero-order valence-electron chi connectivity index (χ0n) is 27.1. The van der Waals surface area contributed by atoms with Crippen LogP contribution in [0.2, 0.25) is 5.02 Å². The summed E-state index contributed by atoms with van der Waals surface area (Å²) in [6.45, 7) is 6.40. The molecule has 4 nitrogen and oxygen atoms in total. The van der Waals surface area contributed by atoms with Crippen molar-refractivity contribution in [3.63, 3.8) is 0 Å². The van der Waals surface area contributed by atoms with Crippen molar-refractivity contribution in [1.82, 2.24) is 10.2 Å². The van der Waals surface area contributed by atoms with E-state index in [2.05, 4.69) is 60.5 Å². The van der Waals surface area contributed by atoms with Gasteiger partial charge >= 0.3 is 0 Å². The van der Waals surface area contributed by atoms with Gasteiger partial charge < -0.3 is 10.1 Å². The number of nitrogens with one attached hydrogen (secondary N) is 1. The maximum absolute atomic E-state index is 14.7. The van der Waals surface area contributed by atoms with Gasteiger partial charge in [-0.1, -0.05) is 84.4 Å². The SMILES string of the molecule is COc1c(Cc2ccc(C(=O)NCc3ccc(CN(CCSc4ccccc4)Cc4c(F)cccc4Cl)cc3)cc2)ccc(C)c1C. The molecule has 0 saturated carbocycles. The lowest BCUT2D eigenvalue weighted by atomic mass is 9.98. The fraction of sp³-hybridized carbons (Fsp3) is 0.225. The lowest BCUT2D eigenvalue weighted by Crippen LogP contribution is -2.26. The van der Waals surface area contributed by atoms with Crippen LogP contribution in [0.3, 0.4) is 0 Å². The van der Waals surface area contributed by atoms with Crippen LogP contribution in [0.1, 0.15) is 49.3 Å². The normalized spacial score (nSPS) is 11.1. The number of halogens is 2. The molecule has 5 aromatic carbocycles. The zero-order chi connectivity index (χ0) is 33.2. The molecule has 0 aromatic heterocycles. The molecule has 0 fully saturated rings. The van der Waals surface area contributed by atoms with Crippen LogP contribution in [-0.2, 0) is 26.1 Å². The Bertz CT molecular complexity index is 1760. The Morgan fingerprint density at radius 1 is 0.830 bits per heavy atom. The summed E-state index contributed by atoms with van der Waals surface area (Å²) in [5, 5.41) is 3.47. The van der Waals surface area contributed by atoms with Gasteiger partial charge in [0.25, 0.3) is 5.91 Å². The molecule has 0 bridgehead atoms. The van der Waals surface area contributed by atoms with E-state index in [0.29, 0.717) is 35.8 Å². The molecule has 0 atom stereocenters. The van der Waals surface area contributed by atoms with Crippen LogP contribution in [0.25, 0.3) is 0 Å². The molecule has 0 aliphatic rings. The minimum atomic E-state index is -0.291. The molecule has 0 unspecified atom stereocenters. The summed E-state index contributed by atoms with van der Waals surface area (Å²) < 4.78 is 20.3. The van der Waals surface area contributed by atoms with Crippen molar-refractivity contribution < 1.29 is 13.9 Å². The Morgan fingerprint density at radius 3 is 2.23 bits per heavy atom. The summed E-state index contributed by atoms with van der Waals surface area (Å²) in [5.41, 5.74) is 7.83. The number of benzene rings is 5. The second-order valence-electron chi connectivity index (χ2n) is 11.6. The summed E-state index contributed by atoms with van der Waals surface area (Å²) in [4.78, 5) is 16.4. The van der Waals surface area contributed by atoms with Crippen molar-refractivity contribution in [2.24, 2.45) is 0 Å². The van der Waals surface area contributed by atoms with Gasteiger partial charge in [-0.25, -0.2) is 4.39 Å². The number of thioether (sulfide) groups is 1. The van der Waals surface area contributed by atoms with Gasteiger partial charge in [0.05, 0.1) is 7.11 Å². The van der Waals surface area contributed by atoms with E-state index in [4.69, 9.17) is 16.3 Å². The van der Waals surface area contributed by atoms with Crippen molar-refractivity contribution in [3.8, 4) is 5.75 Å². The molecule has 0 aliphatic carbocycles. The predicted octanol–water partition coefficient (Wildman–Crippen LogP) is 9.42. The van der Waals surface area contributed by atoms with Gasteiger partial charge in [-0.2, -0.15) is 0 Å². The number of ether oxygens (including phenoxy) is 1. The predicted molar refractivity (Wildman–Crippen MR) is 192 cm³/mol. The van der Waals surface area contributed by atoms with E-state index in [-0.39, 0.29) is 11.7 Å². The third-order valence-corrected chi connectivity index (χ3v) is 9.66. The first-order chi connectivity index (χ1) is 22.8. The minimum absolute atomic E-state index is 0.117. The molecule has 0 radical (unpaired) electrons. The third kappa shape index (κ3) is 9.48. The highest BCUT2D eigenvalue weighted by Gasteiger charge is 2.15. The first-order valence-electron chi connectivity index (χ1n) is 15.7. The molecule has 7 heteroatoms. The van der Waals surface area contributed by atoms with Crippen LogP contribution >= 0.6 is 23.4 Å². The van der Waals surface area contributed by atoms with Crippen LogP contribution in [0.15, 0.2) is 114 Å². The molecule has 0 saturated heterocycles. The Labute approximate surface area is 286 Å². The molecular formula is C40H40ClFN2O2S. The van der Waals surface area contributed by atoms with E-state index in [9.17, 15) is 9.18 Å². The van der Waals surface area contributed by atoms with Crippen molar-refractivity contribution in [2.75, 3.05) is 19.4 Å². The van der Waals surface area contributed by atoms with Gasteiger partial charge in [-0.15, -0.1) is 11.8 Å². The van der Waals surface area contributed by atoms with Crippen LogP contribution in [0, 0.1) is 19.7 Å². The van der Waals surface area contributed by atoms with Gasteiger partial charge in [-0.3, -0.25) is 9.69 Å². The Hall–Kier alpha value is -4.10. The molecule has 5 aromatic rings. The number of amides is 1. The smallest absolute Gasteiger partial charge is 0.251 e. The maximum Gasteiger partial charge on any atom is 0.251 e. The average molecular weight is 667 g/mol. The minimum Gasteiger partial charge on any atom is -0.496 e. The van der Waals surface area contributed by atoms with Gasteiger partial charge in [0.1, 0.15) is 11.6 Å². The quantitative estimate of drug-likeness (QED) is 0.120. The number of nitrogens with zero attached hydrogens (tertiary/aromatic N) is 1. The van der Waals surface area contributed by atoms with E-state index in [1.54, 1.807) is 31.0 Å². The van der Waals surface area contributed by atoms with Crippen LogP contribution < -0.4 is 10.1 Å². The highest BCUT2D eigenvalue weighted by molar-refractivity contribution is 7.99. The summed E-state index contributed by atoms with van der Waals surface area (Å²) >= 11 is 8.16. The molecule has 0 spiro atoms. The van der Waals surface area contributed by atoms with E-state index in [1.807, 2.05) is 54.6 Å². The van der Waals surface area contributed by atoms with E-state index in [0.717, 1.165) is 52.3 Å². The summed E-state index contributed by atoms with van der Waals surface area (Å²) in [6.07, 6.45) is 0.731. The van der Waals surface area contributed by atoms with Crippen LogP contribution in [0.5, 0.6) is 5.75 Å². The number of carbonyl (C=O) groups is 1. The lowest BCUT2D eigenvalue weighted by molar-refractivity contribution is 0.0951. The summed E-state index contributed by atoms with van der Waals surface area (Å²) in [5.74, 6) is 1.37. The third-order valence-electron chi connectivity index (χ3n) is 8.32. The molecular weight excluding hydrogens is 627 g/mol. The highest BCUT2D eigenvalue weighted by Crippen LogP contribution is 2.28. The second-order valence-corrected chi connectivity index (χ2v) is 13.2. The second kappa shape index (κ2) is 16.6. The first kappa shape index (κ1) is 34.2. The van der Waals surface area contributed by atoms with E-state index < -0.39 is 0 Å². The number of hydrogen-bond acceptors (Lipinski definition) is 4. The van der Waals surface area contributed by atoms with E-state index in [1.165, 1.54) is 16.5 Å². The maximum atomic E-state index is 14.7. The standard InChI is InChI=1S/C40H40ClFN2O2S/c1-28-12-19-34(39(46-3)29(28)2)24-30-17-20-33(21-18-30)40(45)43-25-31-13-15-32(16-14-31)26-44(22-23-47-35-8-5-4-6-9-35)27-36-37(41)10-7-11-38(36)42/h4-21H,22-27H2,1-3H3,(H,43,45). The Balaban J connectivity index is 1.17. The Kier molecular flexibility index (Phi) is 12.1. The number of methoxy groups -OCH3 is 1. The molecule has 0 heterocycles. The Morgan fingerprint density at radius 2 is 1.53 bits per heavy atom. The largest absolute Gasteiger partial charge is 0.496 e. The number of hydrogen-bond donors (Lipinski definition) is 1. The molecule has 0 aliphatic heterocycles. The first-order valence-corrected chi connectivity index (χ1v) is 17.1. The van der Waals surface area contributed by atoms with Crippen molar-refractivity contribution in [2.45, 2.75) is 44.8 Å². The van der Waals surface area contributed by atoms with Crippen molar-refractivity contribution in [3.05, 3.63) is 165 Å². The van der Waals surface area contributed by atoms with Crippen molar-refractivity contribution >= 4 is 29.3 Å². The van der Waals surface area contributed by atoms with E-state index >= 15 is 0 Å². The fourth-order valence-electron chi connectivity index (χ4n) is 5.50.